The molecule has 1 rings (SSSR count). The summed E-state index contributed by atoms with van der Waals surface area (Å²) in [6.07, 6.45) is 6.52. The minimum Gasteiger partial charge on any atom is -0.356 e. The minimum absolute atomic E-state index is 0.242. The highest BCUT2D eigenvalue weighted by molar-refractivity contribution is 5.85. The normalized spacial score (nSPS) is 17.9. The Hall–Kier alpha value is -1.26. The Kier molecular flexibility index (Phi) is 6.82. The Morgan fingerprint density at radius 1 is 1.25 bits per heavy atom. The Morgan fingerprint density at radius 3 is 2.40 bits per heavy atom. The van der Waals surface area contributed by atoms with Crippen molar-refractivity contribution < 1.29 is 4.79 Å². The first-order valence-electron chi connectivity index (χ1n) is 7.72. The summed E-state index contributed by atoms with van der Waals surface area (Å²) in [4.78, 5) is 18.4. The molecule has 1 saturated carbocycles. The van der Waals surface area contributed by atoms with Crippen molar-refractivity contribution in [3.05, 3.63) is 0 Å². The van der Waals surface area contributed by atoms with Crippen molar-refractivity contribution in [3.63, 3.8) is 0 Å². The maximum absolute atomic E-state index is 12.5. The SMILES string of the molecule is CCCCNC(=NC)NCC1(C(=O)N(C)C)CCCC1. The number of hydrogen-bond acceptors (Lipinski definition) is 2. The quantitative estimate of drug-likeness (QED) is 0.442. The number of guanidine groups is 1. The second kappa shape index (κ2) is 8.12. The van der Waals surface area contributed by atoms with Gasteiger partial charge in [0.2, 0.25) is 5.91 Å². The molecule has 0 aromatic rings. The van der Waals surface area contributed by atoms with E-state index >= 15 is 0 Å². The molecule has 0 aliphatic heterocycles. The van der Waals surface area contributed by atoms with E-state index in [1.165, 1.54) is 0 Å². The summed E-state index contributed by atoms with van der Waals surface area (Å²) < 4.78 is 0. The van der Waals surface area contributed by atoms with Gasteiger partial charge in [-0.2, -0.15) is 0 Å². The van der Waals surface area contributed by atoms with Crippen molar-refractivity contribution in [2.24, 2.45) is 10.4 Å². The number of nitrogens with zero attached hydrogens (tertiary/aromatic N) is 2. The lowest BCUT2D eigenvalue weighted by molar-refractivity contribution is -0.138. The zero-order valence-corrected chi connectivity index (χ0v) is 13.5. The van der Waals surface area contributed by atoms with Crippen LogP contribution in [-0.4, -0.2) is 51.0 Å². The summed E-state index contributed by atoms with van der Waals surface area (Å²) in [5.74, 6) is 1.04. The third kappa shape index (κ3) is 4.39. The van der Waals surface area contributed by atoms with Gasteiger partial charge in [-0.3, -0.25) is 9.79 Å². The molecule has 0 saturated heterocycles. The van der Waals surface area contributed by atoms with Crippen LogP contribution in [0, 0.1) is 5.41 Å². The van der Waals surface area contributed by atoms with Crippen molar-refractivity contribution in [1.82, 2.24) is 15.5 Å². The summed E-state index contributed by atoms with van der Waals surface area (Å²) in [5.41, 5.74) is -0.244. The van der Waals surface area contributed by atoms with E-state index in [4.69, 9.17) is 0 Å². The summed E-state index contributed by atoms with van der Waals surface area (Å²) in [7, 11) is 5.46. The number of aliphatic imine (C=N–C) groups is 1. The fraction of sp³-hybridized carbons (Fsp3) is 0.867. The standard InChI is InChI=1S/C15H30N4O/c1-5-6-11-17-14(16-2)18-12-15(9-7-8-10-15)13(20)19(3)4/h5-12H2,1-4H3,(H2,16,17,18). The highest BCUT2D eigenvalue weighted by Gasteiger charge is 2.41. The summed E-state index contributed by atoms with van der Waals surface area (Å²) in [6, 6.07) is 0. The molecule has 116 valence electrons. The lowest BCUT2D eigenvalue weighted by Crippen LogP contribution is -2.49. The number of unbranched alkanes of at least 4 members (excludes halogenated alkanes) is 1. The van der Waals surface area contributed by atoms with Gasteiger partial charge in [0, 0.05) is 34.2 Å². The molecule has 1 fully saturated rings. The first-order valence-corrected chi connectivity index (χ1v) is 7.72. The Balaban J connectivity index is 2.56. The van der Waals surface area contributed by atoms with E-state index in [9.17, 15) is 4.79 Å². The second-order valence-electron chi connectivity index (χ2n) is 5.89. The third-order valence-electron chi connectivity index (χ3n) is 4.06. The molecule has 0 atom stereocenters. The van der Waals surface area contributed by atoms with Gasteiger partial charge >= 0.3 is 0 Å². The van der Waals surface area contributed by atoms with Crippen LogP contribution in [0.25, 0.3) is 0 Å². The number of carbonyl (C=O) groups excluding carboxylic acids is 1. The van der Waals surface area contributed by atoms with Gasteiger partial charge in [0.1, 0.15) is 0 Å². The minimum atomic E-state index is -0.244. The Morgan fingerprint density at radius 2 is 1.90 bits per heavy atom. The highest BCUT2D eigenvalue weighted by Crippen LogP contribution is 2.38. The van der Waals surface area contributed by atoms with E-state index in [0.717, 1.165) is 51.0 Å². The van der Waals surface area contributed by atoms with Crippen molar-refractivity contribution in [2.45, 2.75) is 45.4 Å². The summed E-state index contributed by atoms with van der Waals surface area (Å²) >= 11 is 0. The van der Waals surface area contributed by atoms with E-state index in [-0.39, 0.29) is 11.3 Å². The fourth-order valence-electron chi connectivity index (χ4n) is 2.85. The smallest absolute Gasteiger partial charge is 0.230 e. The van der Waals surface area contributed by atoms with Crippen LogP contribution in [0.2, 0.25) is 0 Å². The maximum atomic E-state index is 12.5. The van der Waals surface area contributed by atoms with Gasteiger partial charge in [-0.25, -0.2) is 0 Å². The molecule has 1 aliphatic rings. The van der Waals surface area contributed by atoms with Crippen LogP contribution in [0.5, 0.6) is 0 Å². The molecule has 5 heteroatoms. The third-order valence-corrected chi connectivity index (χ3v) is 4.06. The fourth-order valence-corrected chi connectivity index (χ4v) is 2.85. The van der Waals surface area contributed by atoms with Crippen molar-refractivity contribution in [1.29, 1.82) is 0 Å². The molecule has 0 heterocycles. The molecule has 20 heavy (non-hydrogen) atoms. The van der Waals surface area contributed by atoms with Crippen LogP contribution < -0.4 is 10.6 Å². The average Bonchev–Trinajstić information content (AvgIpc) is 2.91. The molecule has 0 radical (unpaired) electrons. The molecule has 2 N–H and O–H groups in total. The first kappa shape index (κ1) is 16.8. The van der Waals surface area contributed by atoms with E-state index in [1.807, 2.05) is 14.1 Å². The molecule has 1 aliphatic carbocycles. The highest BCUT2D eigenvalue weighted by atomic mass is 16.2. The number of amides is 1. The molecule has 0 aromatic carbocycles. The van der Waals surface area contributed by atoms with E-state index in [1.54, 1.807) is 11.9 Å². The molecule has 0 spiro atoms. The summed E-state index contributed by atoms with van der Waals surface area (Å²) in [6.45, 7) is 3.77. The van der Waals surface area contributed by atoms with Crippen molar-refractivity contribution in [2.75, 3.05) is 34.2 Å². The van der Waals surface area contributed by atoms with Gasteiger partial charge in [0.05, 0.1) is 5.41 Å². The zero-order valence-electron chi connectivity index (χ0n) is 13.5. The summed E-state index contributed by atoms with van der Waals surface area (Å²) in [5, 5.41) is 6.63. The average molecular weight is 282 g/mol. The number of carbonyl (C=O) groups is 1. The monoisotopic (exact) mass is 282 g/mol. The maximum Gasteiger partial charge on any atom is 0.230 e. The van der Waals surface area contributed by atoms with Gasteiger partial charge in [-0.1, -0.05) is 26.2 Å². The Labute approximate surface area is 123 Å². The largest absolute Gasteiger partial charge is 0.356 e. The van der Waals surface area contributed by atoms with Gasteiger partial charge in [-0.15, -0.1) is 0 Å². The molecule has 5 nitrogen and oxygen atoms in total. The second-order valence-corrected chi connectivity index (χ2v) is 5.89. The molecule has 0 aromatic heterocycles. The number of hydrogen-bond donors (Lipinski definition) is 2. The van der Waals surface area contributed by atoms with E-state index in [0.29, 0.717) is 6.54 Å². The zero-order chi connectivity index (χ0) is 15.0. The molecular formula is C15H30N4O. The number of nitrogens with one attached hydrogen (secondary N) is 2. The molecular weight excluding hydrogens is 252 g/mol. The van der Waals surface area contributed by atoms with Gasteiger partial charge in [-0.05, 0) is 19.3 Å². The van der Waals surface area contributed by atoms with Gasteiger partial charge in [0.25, 0.3) is 0 Å². The lowest BCUT2D eigenvalue weighted by atomic mass is 9.84. The molecule has 0 unspecified atom stereocenters. The first-order chi connectivity index (χ1) is 9.55. The van der Waals surface area contributed by atoms with Crippen LogP contribution in [-0.2, 0) is 4.79 Å². The molecule has 0 bridgehead atoms. The van der Waals surface area contributed by atoms with Crippen LogP contribution in [0.3, 0.4) is 0 Å². The Bertz CT molecular complexity index is 333. The van der Waals surface area contributed by atoms with E-state index in [2.05, 4.69) is 22.5 Å². The predicted octanol–water partition coefficient (Wildman–Crippen LogP) is 1.60. The van der Waals surface area contributed by atoms with Crippen LogP contribution in [0.15, 0.2) is 4.99 Å². The van der Waals surface area contributed by atoms with Crippen LogP contribution in [0.4, 0.5) is 0 Å². The van der Waals surface area contributed by atoms with Crippen LogP contribution in [0.1, 0.15) is 45.4 Å². The van der Waals surface area contributed by atoms with Gasteiger partial charge < -0.3 is 15.5 Å². The molecule has 1 amide bonds. The lowest BCUT2D eigenvalue weighted by Gasteiger charge is -2.31. The van der Waals surface area contributed by atoms with Crippen molar-refractivity contribution >= 4 is 11.9 Å². The van der Waals surface area contributed by atoms with Gasteiger partial charge in [0.15, 0.2) is 5.96 Å². The topological polar surface area (TPSA) is 56.7 Å². The van der Waals surface area contributed by atoms with E-state index < -0.39 is 0 Å². The number of rotatable bonds is 6. The van der Waals surface area contributed by atoms with Crippen molar-refractivity contribution in [3.8, 4) is 0 Å². The predicted molar refractivity (Wildman–Crippen MR) is 83.9 cm³/mol. The van der Waals surface area contributed by atoms with Crippen LogP contribution >= 0.6 is 0 Å².